The molecule has 0 fully saturated rings. The number of thiophene rings is 1. The molecule has 6 heteroatoms. The Kier molecular flexibility index (Phi) is 4.60. The Bertz CT molecular complexity index is 748. The quantitative estimate of drug-likeness (QED) is 0.700. The fourth-order valence-corrected chi connectivity index (χ4v) is 3.11. The number of aromatic amines is 1. The van der Waals surface area contributed by atoms with Crippen LogP contribution in [0.25, 0.3) is 10.6 Å². The third kappa shape index (κ3) is 3.40. The molecule has 4 nitrogen and oxygen atoms in total. The van der Waals surface area contributed by atoms with Gasteiger partial charge in [0.2, 0.25) is 0 Å². The minimum atomic E-state index is -0.173. The highest BCUT2D eigenvalue weighted by atomic mass is 32.2. The molecule has 0 aliphatic heterocycles. The fraction of sp³-hybridized carbons (Fsp3) is 0.125. The summed E-state index contributed by atoms with van der Waals surface area (Å²) in [5, 5.41) is 11.9. The number of benzene rings is 1. The Labute approximate surface area is 137 Å². The van der Waals surface area contributed by atoms with Gasteiger partial charge < -0.3 is 5.32 Å². The van der Waals surface area contributed by atoms with Crippen molar-refractivity contribution in [3.8, 4) is 10.6 Å². The van der Waals surface area contributed by atoms with E-state index >= 15 is 0 Å². The largest absolute Gasteiger partial charge is 0.347 e. The van der Waals surface area contributed by atoms with Crippen LogP contribution >= 0.6 is 23.1 Å². The monoisotopic (exact) mass is 329 g/mol. The Morgan fingerprint density at radius 2 is 2.14 bits per heavy atom. The summed E-state index contributed by atoms with van der Waals surface area (Å²) in [4.78, 5) is 14.4. The molecule has 0 saturated carbocycles. The Hall–Kier alpha value is -2.05. The van der Waals surface area contributed by atoms with Crippen LogP contribution in [0.2, 0.25) is 0 Å². The van der Waals surface area contributed by atoms with Gasteiger partial charge in [0.1, 0.15) is 0 Å². The highest BCUT2D eigenvalue weighted by Gasteiger charge is 2.11. The number of thioether (sulfide) groups is 1. The lowest BCUT2D eigenvalue weighted by Crippen LogP contribution is -2.23. The molecule has 0 atom stereocenters. The fourth-order valence-electron chi connectivity index (χ4n) is 2.01. The maximum Gasteiger partial charge on any atom is 0.272 e. The highest BCUT2D eigenvalue weighted by Crippen LogP contribution is 2.22. The smallest absolute Gasteiger partial charge is 0.272 e. The molecule has 2 aromatic heterocycles. The van der Waals surface area contributed by atoms with Gasteiger partial charge in [0.25, 0.3) is 5.91 Å². The first kappa shape index (κ1) is 14.9. The number of hydrogen-bond acceptors (Lipinski definition) is 4. The van der Waals surface area contributed by atoms with E-state index in [1.165, 1.54) is 4.90 Å². The molecule has 0 aliphatic rings. The molecule has 0 saturated heterocycles. The lowest BCUT2D eigenvalue weighted by molar-refractivity contribution is 0.0946. The van der Waals surface area contributed by atoms with Gasteiger partial charge >= 0.3 is 0 Å². The van der Waals surface area contributed by atoms with E-state index < -0.39 is 0 Å². The minimum Gasteiger partial charge on any atom is -0.347 e. The van der Waals surface area contributed by atoms with Gasteiger partial charge in [0, 0.05) is 11.4 Å². The first-order valence-electron chi connectivity index (χ1n) is 6.76. The molecule has 1 amide bonds. The molecule has 2 N–H and O–H groups in total. The third-order valence-corrected chi connectivity index (χ3v) is 4.86. The van der Waals surface area contributed by atoms with E-state index in [-0.39, 0.29) is 5.91 Å². The van der Waals surface area contributed by atoms with Crippen LogP contribution in [-0.2, 0) is 6.54 Å². The van der Waals surface area contributed by atoms with Crippen molar-refractivity contribution in [2.45, 2.75) is 11.4 Å². The molecule has 1 aromatic carbocycles. The van der Waals surface area contributed by atoms with E-state index in [4.69, 9.17) is 0 Å². The molecule has 0 unspecified atom stereocenters. The molecule has 0 spiro atoms. The van der Waals surface area contributed by atoms with Gasteiger partial charge in [-0.2, -0.15) is 5.10 Å². The third-order valence-electron chi connectivity index (χ3n) is 3.21. The van der Waals surface area contributed by atoms with Gasteiger partial charge in [-0.05, 0) is 41.5 Å². The van der Waals surface area contributed by atoms with Crippen molar-refractivity contribution in [3.63, 3.8) is 0 Å². The van der Waals surface area contributed by atoms with Crippen LogP contribution in [0.15, 0.2) is 52.7 Å². The van der Waals surface area contributed by atoms with Crippen LogP contribution < -0.4 is 5.32 Å². The first-order chi connectivity index (χ1) is 10.8. The van der Waals surface area contributed by atoms with E-state index in [1.807, 2.05) is 35.9 Å². The maximum atomic E-state index is 12.1. The van der Waals surface area contributed by atoms with Crippen LogP contribution in [0.3, 0.4) is 0 Å². The van der Waals surface area contributed by atoms with Crippen molar-refractivity contribution in [2.75, 3.05) is 6.26 Å². The summed E-state index contributed by atoms with van der Waals surface area (Å²) >= 11 is 3.31. The number of nitrogens with zero attached hydrogens (tertiary/aromatic N) is 1. The maximum absolute atomic E-state index is 12.1. The Balaban J connectivity index is 1.62. The lowest BCUT2D eigenvalue weighted by atomic mass is 10.2. The topological polar surface area (TPSA) is 57.8 Å². The van der Waals surface area contributed by atoms with E-state index in [0.29, 0.717) is 12.2 Å². The predicted molar refractivity (Wildman–Crippen MR) is 91.3 cm³/mol. The second kappa shape index (κ2) is 6.81. The molecule has 0 bridgehead atoms. The van der Waals surface area contributed by atoms with Crippen LogP contribution in [0.1, 0.15) is 16.1 Å². The second-order valence-electron chi connectivity index (χ2n) is 4.67. The van der Waals surface area contributed by atoms with Gasteiger partial charge in [0.05, 0.1) is 10.6 Å². The molecule has 22 heavy (non-hydrogen) atoms. The zero-order chi connectivity index (χ0) is 15.4. The van der Waals surface area contributed by atoms with Gasteiger partial charge in [-0.15, -0.1) is 23.1 Å². The van der Waals surface area contributed by atoms with E-state index in [0.717, 1.165) is 16.1 Å². The number of H-pyrrole nitrogens is 1. The van der Waals surface area contributed by atoms with E-state index in [1.54, 1.807) is 29.2 Å². The number of carbonyl (C=O) groups excluding carboxylic acids is 1. The summed E-state index contributed by atoms with van der Waals surface area (Å²) < 4.78 is 0. The summed E-state index contributed by atoms with van der Waals surface area (Å²) in [6.07, 6.45) is 2.04. The Morgan fingerprint density at radius 3 is 2.82 bits per heavy atom. The lowest BCUT2D eigenvalue weighted by Gasteiger charge is -2.04. The standard InChI is InChI=1S/C16H15N3OS2/c1-21-12-6-4-11(5-7-12)10-17-16(20)14-9-13(18-19-14)15-3-2-8-22-15/h2-9H,10H2,1H3,(H,17,20)(H,18,19). The van der Waals surface area contributed by atoms with Crippen molar-refractivity contribution >= 4 is 29.0 Å². The highest BCUT2D eigenvalue weighted by molar-refractivity contribution is 7.98. The van der Waals surface area contributed by atoms with Gasteiger partial charge in [-0.25, -0.2) is 0 Å². The first-order valence-corrected chi connectivity index (χ1v) is 8.87. The molecule has 2 heterocycles. The number of carbonyl (C=O) groups is 1. The van der Waals surface area contributed by atoms with E-state index in [9.17, 15) is 4.79 Å². The van der Waals surface area contributed by atoms with Crippen LogP contribution in [0.5, 0.6) is 0 Å². The normalized spacial score (nSPS) is 10.6. The van der Waals surface area contributed by atoms with Gasteiger partial charge in [-0.1, -0.05) is 18.2 Å². The SMILES string of the molecule is CSc1ccc(CNC(=O)c2cc(-c3cccs3)[nH]n2)cc1. The van der Waals surface area contributed by atoms with Crippen molar-refractivity contribution in [2.24, 2.45) is 0 Å². The zero-order valence-electron chi connectivity index (χ0n) is 12.0. The number of nitrogens with one attached hydrogen (secondary N) is 2. The van der Waals surface area contributed by atoms with Crippen molar-refractivity contribution < 1.29 is 4.79 Å². The van der Waals surface area contributed by atoms with Crippen LogP contribution in [0, 0.1) is 0 Å². The summed E-state index contributed by atoms with van der Waals surface area (Å²) in [7, 11) is 0. The summed E-state index contributed by atoms with van der Waals surface area (Å²) in [6.45, 7) is 0.495. The van der Waals surface area contributed by atoms with Crippen LogP contribution in [0.4, 0.5) is 0 Å². The van der Waals surface area contributed by atoms with Crippen molar-refractivity contribution in [3.05, 3.63) is 59.1 Å². The number of aromatic nitrogens is 2. The summed E-state index contributed by atoms with van der Waals surface area (Å²) in [5.74, 6) is -0.173. The van der Waals surface area contributed by atoms with E-state index in [2.05, 4.69) is 27.6 Å². The summed E-state index contributed by atoms with van der Waals surface area (Å²) in [6, 6.07) is 13.9. The Morgan fingerprint density at radius 1 is 1.32 bits per heavy atom. The summed E-state index contributed by atoms with van der Waals surface area (Å²) in [5.41, 5.74) is 2.34. The second-order valence-corrected chi connectivity index (χ2v) is 6.50. The van der Waals surface area contributed by atoms with Crippen molar-refractivity contribution in [1.82, 2.24) is 15.5 Å². The number of amides is 1. The van der Waals surface area contributed by atoms with Crippen molar-refractivity contribution in [1.29, 1.82) is 0 Å². The molecule has 112 valence electrons. The van der Waals surface area contributed by atoms with Crippen LogP contribution in [-0.4, -0.2) is 22.4 Å². The van der Waals surface area contributed by atoms with Gasteiger partial charge in [-0.3, -0.25) is 9.89 Å². The molecule has 3 rings (SSSR count). The van der Waals surface area contributed by atoms with Gasteiger partial charge in [0.15, 0.2) is 5.69 Å². The average Bonchev–Trinajstić information content (AvgIpc) is 3.23. The molecular formula is C16H15N3OS2. The predicted octanol–water partition coefficient (Wildman–Crippen LogP) is 3.79. The number of hydrogen-bond donors (Lipinski definition) is 2. The molecule has 0 aliphatic carbocycles. The molecular weight excluding hydrogens is 314 g/mol. The average molecular weight is 329 g/mol. The number of rotatable bonds is 5. The minimum absolute atomic E-state index is 0.173. The zero-order valence-corrected chi connectivity index (χ0v) is 13.6. The molecule has 3 aromatic rings. The molecule has 0 radical (unpaired) electrons.